The van der Waals surface area contributed by atoms with Crippen LogP contribution >= 0.6 is 0 Å². The maximum absolute atomic E-state index is 12.7. The van der Waals surface area contributed by atoms with Crippen LogP contribution in [0.5, 0.6) is 0 Å². The minimum Gasteiger partial charge on any atom is -0.296 e. The molecule has 0 N–H and O–H groups in total. The van der Waals surface area contributed by atoms with Crippen LogP contribution in [0.3, 0.4) is 0 Å². The summed E-state index contributed by atoms with van der Waals surface area (Å²) in [5.41, 5.74) is 0.473. The van der Waals surface area contributed by atoms with Crippen molar-refractivity contribution in [3.63, 3.8) is 0 Å². The SMILES string of the molecule is Cc1cn(-c2ccc(F)cc2)c(C(F)(F)F)n1. The molecule has 0 aliphatic carbocycles. The topological polar surface area (TPSA) is 17.8 Å². The molecule has 0 saturated carbocycles. The lowest BCUT2D eigenvalue weighted by Gasteiger charge is -2.09. The monoisotopic (exact) mass is 244 g/mol. The Bertz CT molecular complexity index is 525. The second-order valence-electron chi connectivity index (χ2n) is 3.55. The Labute approximate surface area is 94.5 Å². The van der Waals surface area contributed by atoms with Crippen molar-refractivity contribution in [3.8, 4) is 5.69 Å². The van der Waals surface area contributed by atoms with E-state index in [1.165, 1.54) is 25.3 Å². The lowest BCUT2D eigenvalue weighted by atomic mass is 10.3. The molecular weight excluding hydrogens is 236 g/mol. The summed E-state index contributed by atoms with van der Waals surface area (Å²) in [6.45, 7) is 1.47. The molecule has 90 valence electrons. The number of hydrogen-bond acceptors (Lipinski definition) is 1. The van der Waals surface area contributed by atoms with Gasteiger partial charge in [-0.05, 0) is 31.2 Å². The number of aromatic nitrogens is 2. The molecule has 0 saturated heterocycles. The number of rotatable bonds is 1. The average Bonchev–Trinajstić information content (AvgIpc) is 2.61. The number of alkyl halides is 3. The summed E-state index contributed by atoms with van der Waals surface area (Å²) in [5, 5.41) is 0. The smallest absolute Gasteiger partial charge is 0.296 e. The fraction of sp³-hybridized carbons (Fsp3) is 0.182. The third kappa shape index (κ3) is 2.30. The van der Waals surface area contributed by atoms with Crippen LogP contribution in [0.1, 0.15) is 11.5 Å². The lowest BCUT2D eigenvalue weighted by molar-refractivity contribution is -0.146. The van der Waals surface area contributed by atoms with Gasteiger partial charge in [0.2, 0.25) is 5.82 Å². The molecule has 0 amide bonds. The standard InChI is InChI=1S/C11H8F4N2/c1-7-6-17(10(16-7)11(13,14)15)9-4-2-8(12)3-5-9/h2-6H,1H3. The van der Waals surface area contributed by atoms with Gasteiger partial charge in [-0.3, -0.25) is 4.57 Å². The van der Waals surface area contributed by atoms with Crippen molar-refractivity contribution < 1.29 is 17.6 Å². The van der Waals surface area contributed by atoms with E-state index in [2.05, 4.69) is 4.98 Å². The highest BCUT2D eigenvalue weighted by atomic mass is 19.4. The van der Waals surface area contributed by atoms with E-state index < -0.39 is 17.8 Å². The minimum absolute atomic E-state index is 0.222. The van der Waals surface area contributed by atoms with E-state index in [4.69, 9.17) is 0 Å². The van der Waals surface area contributed by atoms with Crippen molar-refractivity contribution in [3.05, 3.63) is 47.8 Å². The summed E-state index contributed by atoms with van der Waals surface area (Å²) >= 11 is 0. The van der Waals surface area contributed by atoms with Gasteiger partial charge in [0.05, 0.1) is 5.69 Å². The van der Waals surface area contributed by atoms with Gasteiger partial charge in [-0.1, -0.05) is 0 Å². The average molecular weight is 244 g/mol. The molecule has 0 fully saturated rings. The third-order valence-electron chi connectivity index (χ3n) is 2.18. The van der Waals surface area contributed by atoms with Gasteiger partial charge in [0, 0.05) is 11.9 Å². The Hall–Kier alpha value is -1.85. The Morgan fingerprint density at radius 1 is 1.12 bits per heavy atom. The highest BCUT2D eigenvalue weighted by Crippen LogP contribution is 2.30. The van der Waals surface area contributed by atoms with Crippen LogP contribution in [0.2, 0.25) is 0 Å². The maximum atomic E-state index is 12.7. The second-order valence-corrected chi connectivity index (χ2v) is 3.55. The first kappa shape index (κ1) is 11.6. The molecule has 0 aliphatic heterocycles. The minimum atomic E-state index is -4.54. The van der Waals surface area contributed by atoms with E-state index in [9.17, 15) is 17.6 Å². The van der Waals surface area contributed by atoms with E-state index in [1.54, 1.807) is 0 Å². The molecule has 0 atom stereocenters. The van der Waals surface area contributed by atoms with Crippen LogP contribution in [0.4, 0.5) is 17.6 Å². The zero-order valence-corrected chi connectivity index (χ0v) is 8.79. The number of benzene rings is 1. The molecule has 2 nitrogen and oxygen atoms in total. The molecule has 0 unspecified atom stereocenters. The van der Waals surface area contributed by atoms with Crippen LogP contribution < -0.4 is 0 Å². The van der Waals surface area contributed by atoms with Crippen molar-refractivity contribution in [2.45, 2.75) is 13.1 Å². The highest BCUT2D eigenvalue weighted by molar-refractivity contribution is 5.34. The van der Waals surface area contributed by atoms with Crippen LogP contribution in [0.25, 0.3) is 5.69 Å². The van der Waals surface area contributed by atoms with E-state index in [1.807, 2.05) is 0 Å². The summed E-state index contributed by atoms with van der Waals surface area (Å²) in [4.78, 5) is 3.42. The van der Waals surface area contributed by atoms with Gasteiger partial charge in [0.1, 0.15) is 5.82 Å². The molecule has 1 aromatic heterocycles. The first-order valence-electron chi connectivity index (χ1n) is 4.77. The maximum Gasteiger partial charge on any atom is 0.450 e. The van der Waals surface area contributed by atoms with Crippen LogP contribution in [0.15, 0.2) is 30.5 Å². The number of nitrogens with zero attached hydrogens (tertiary/aromatic N) is 2. The molecule has 1 aromatic carbocycles. The molecule has 6 heteroatoms. The zero-order valence-electron chi connectivity index (χ0n) is 8.79. The molecular formula is C11H8F4N2. The molecule has 2 aromatic rings. The predicted octanol–water partition coefficient (Wildman–Crippen LogP) is 3.34. The first-order valence-corrected chi connectivity index (χ1v) is 4.77. The van der Waals surface area contributed by atoms with E-state index in [-0.39, 0.29) is 11.4 Å². The molecule has 0 spiro atoms. The molecule has 0 radical (unpaired) electrons. The van der Waals surface area contributed by atoms with Crippen molar-refractivity contribution >= 4 is 0 Å². The van der Waals surface area contributed by atoms with Crippen molar-refractivity contribution in [2.24, 2.45) is 0 Å². The van der Waals surface area contributed by atoms with Crippen molar-refractivity contribution in [2.75, 3.05) is 0 Å². The van der Waals surface area contributed by atoms with Gasteiger partial charge < -0.3 is 0 Å². The van der Waals surface area contributed by atoms with Gasteiger partial charge in [-0.25, -0.2) is 9.37 Å². The van der Waals surface area contributed by atoms with Crippen LogP contribution in [0, 0.1) is 12.7 Å². The fourth-order valence-corrected chi connectivity index (χ4v) is 1.50. The predicted molar refractivity (Wildman–Crippen MR) is 53.3 cm³/mol. The van der Waals surface area contributed by atoms with E-state index in [0.717, 1.165) is 16.7 Å². The number of imidazole rings is 1. The Morgan fingerprint density at radius 2 is 1.71 bits per heavy atom. The summed E-state index contributed by atoms with van der Waals surface area (Å²) in [6.07, 6.45) is -3.28. The third-order valence-corrected chi connectivity index (χ3v) is 2.18. The first-order chi connectivity index (χ1) is 7.88. The van der Waals surface area contributed by atoms with E-state index >= 15 is 0 Å². The number of halogens is 4. The molecule has 17 heavy (non-hydrogen) atoms. The van der Waals surface area contributed by atoms with Gasteiger partial charge >= 0.3 is 6.18 Å². The van der Waals surface area contributed by atoms with Gasteiger partial charge in [-0.15, -0.1) is 0 Å². The highest BCUT2D eigenvalue weighted by Gasteiger charge is 2.37. The summed E-state index contributed by atoms with van der Waals surface area (Å²) < 4.78 is 51.6. The normalized spacial score (nSPS) is 11.8. The van der Waals surface area contributed by atoms with Crippen molar-refractivity contribution in [1.29, 1.82) is 0 Å². The molecule has 0 aliphatic rings. The molecule has 1 heterocycles. The second kappa shape index (κ2) is 3.87. The van der Waals surface area contributed by atoms with E-state index in [0.29, 0.717) is 0 Å². The Morgan fingerprint density at radius 3 is 2.24 bits per heavy atom. The Kier molecular flexibility index (Phi) is 2.65. The number of hydrogen-bond donors (Lipinski definition) is 0. The summed E-state index contributed by atoms with van der Waals surface area (Å²) in [7, 11) is 0. The van der Waals surface area contributed by atoms with Gasteiger partial charge in [0.15, 0.2) is 0 Å². The van der Waals surface area contributed by atoms with Gasteiger partial charge in [0.25, 0.3) is 0 Å². The number of aryl methyl sites for hydroxylation is 1. The Balaban J connectivity index is 2.55. The largest absolute Gasteiger partial charge is 0.450 e. The lowest BCUT2D eigenvalue weighted by Crippen LogP contribution is -2.13. The molecule has 0 bridgehead atoms. The summed E-state index contributed by atoms with van der Waals surface area (Å²) in [6, 6.07) is 4.74. The van der Waals surface area contributed by atoms with Gasteiger partial charge in [-0.2, -0.15) is 13.2 Å². The van der Waals surface area contributed by atoms with Crippen molar-refractivity contribution in [1.82, 2.24) is 9.55 Å². The molecule has 2 rings (SSSR count). The van der Waals surface area contributed by atoms with Crippen LogP contribution in [-0.4, -0.2) is 9.55 Å². The zero-order chi connectivity index (χ0) is 12.6. The van der Waals surface area contributed by atoms with Crippen LogP contribution in [-0.2, 0) is 6.18 Å². The fourth-order valence-electron chi connectivity index (χ4n) is 1.50. The quantitative estimate of drug-likeness (QED) is 0.703. The summed E-state index contributed by atoms with van der Waals surface area (Å²) in [5.74, 6) is -1.51.